The summed E-state index contributed by atoms with van der Waals surface area (Å²) in [6, 6.07) is 18.0. The highest BCUT2D eigenvalue weighted by molar-refractivity contribution is 6.02. The Bertz CT molecular complexity index is 1750. The van der Waals surface area contributed by atoms with Gasteiger partial charge in [-0.1, -0.05) is 24.3 Å². The molecule has 5 aromatic rings. The molecule has 0 bridgehead atoms. The van der Waals surface area contributed by atoms with Crippen LogP contribution in [-0.4, -0.2) is 26.7 Å². The summed E-state index contributed by atoms with van der Waals surface area (Å²) in [4.78, 5) is 17.0. The van der Waals surface area contributed by atoms with E-state index < -0.39 is 29.4 Å². The van der Waals surface area contributed by atoms with Gasteiger partial charge in [-0.3, -0.25) is 0 Å². The van der Waals surface area contributed by atoms with Crippen molar-refractivity contribution in [2.75, 3.05) is 0 Å². The molecule has 5 rings (SSSR count). The average molecular weight is 585 g/mol. The highest BCUT2D eigenvalue weighted by Crippen LogP contribution is 2.38. The molecule has 0 saturated carbocycles. The van der Waals surface area contributed by atoms with Gasteiger partial charge in [0.2, 0.25) is 0 Å². The summed E-state index contributed by atoms with van der Waals surface area (Å²) in [5.74, 6) is -0.720. The zero-order valence-corrected chi connectivity index (χ0v) is 22.1. The topological polar surface area (TPSA) is 64.3 Å². The van der Waals surface area contributed by atoms with Crippen molar-refractivity contribution in [1.82, 2.24) is 9.55 Å². The van der Waals surface area contributed by atoms with E-state index in [-0.39, 0.29) is 28.7 Å². The molecule has 11 heteroatoms. The highest BCUT2D eigenvalue weighted by Gasteiger charge is 2.31. The molecular formula is C31H22F6N2O3. The SMILES string of the molecule is CC(C)Oc1ccc(-n2c(C(=O)O)cc3c(-c4ccc(C(F)(F)F)cc4)nc(-c4ccc(C(F)(F)F)cc4)cc32)cc1. The second kappa shape index (κ2) is 10.6. The largest absolute Gasteiger partial charge is 0.491 e. The zero-order chi connectivity index (χ0) is 30.4. The van der Waals surface area contributed by atoms with E-state index in [4.69, 9.17) is 4.74 Å². The summed E-state index contributed by atoms with van der Waals surface area (Å²) in [5.41, 5.74) is -0.197. The van der Waals surface area contributed by atoms with Gasteiger partial charge in [0.1, 0.15) is 11.4 Å². The number of fused-ring (bicyclic) bond motifs is 1. The second-order valence-corrected chi connectivity index (χ2v) is 9.77. The molecule has 2 heterocycles. The second-order valence-electron chi connectivity index (χ2n) is 9.77. The van der Waals surface area contributed by atoms with Crippen LogP contribution in [0, 0.1) is 0 Å². The molecule has 0 aliphatic rings. The molecule has 0 aliphatic heterocycles. The Morgan fingerprint density at radius 2 is 1.31 bits per heavy atom. The molecule has 0 saturated heterocycles. The van der Waals surface area contributed by atoms with Crippen LogP contribution in [0.15, 0.2) is 84.9 Å². The van der Waals surface area contributed by atoms with Gasteiger partial charge in [0.05, 0.1) is 34.1 Å². The van der Waals surface area contributed by atoms with Crippen LogP contribution >= 0.6 is 0 Å². The Morgan fingerprint density at radius 1 is 0.786 bits per heavy atom. The molecule has 42 heavy (non-hydrogen) atoms. The lowest BCUT2D eigenvalue weighted by molar-refractivity contribution is -0.138. The molecule has 1 N–H and O–H groups in total. The van der Waals surface area contributed by atoms with Crippen molar-refractivity contribution in [1.29, 1.82) is 0 Å². The first-order valence-electron chi connectivity index (χ1n) is 12.6. The Balaban J connectivity index is 1.76. The molecule has 0 radical (unpaired) electrons. The van der Waals surface area contributed by atoms with E-state index in [1.54, 1.807) is 24.3 Å². The van der Waals surface area contributed by atoms with Crippen LogP contribution in [0.2, 0.25) is 0 Å². The Labute approximate surface area is 235 Å². The lowest BCUT2D eigenvalue weighted by Gasteiger charge is -2.14. The van der Waals surface area contributed by atoms with Gasteiger partial charge in [-0.15, -0.1) is 0 Å². The number of carboxylic acid groups (broad SMARTS) is 1. The maximum Gasteiger partial charge on any atom is 0.416 e. The quantitative estimate of drug-likeness (QED) is 0.203. The number of alkyl halides is 6. The maximum atomic E-state index is 13.2. The molecule has 2 aromatic heterocycles. The van der Waals surface area contributed by atoms with Gasteiger partial charge < -0.3 is 14.4 Å². The Kier molecular flexibility index (Phi) is 7.21. The number of halogens is 6. The number of carbonyl (C=O) groups is 1. The summed E-state index contributed by atoms with van der Waals surface area (Å²) in [5, 5.41) is 10.4. The minimum absolute atomic E-state index is 0.0958. The summed E-state index contributed by atoms with van der Waals surface area (Å²) >= 11 is 0. The molecule has 5 nitrogen and oxygen atoms in total. The van der Waals surface area contributed by atoms with Crippen LogP contribution in [-0.2, 0) is 12.4 Å². The van der Waals surface area contributed by atoms with E-state index in [9.17, 15) is 36.2 Å². The third-order valence-electron chi connectivity index (χ3n) is 6.48. The highest BCUT2D eigenvalue weighted by atomic mass is 19.4. The van der Waals surface area contributed by atoms with Gasteiger partial charge >= 0.3 is 18.3 Å². The van der Waals surface area contributed by atoms with E-state index in [1.165, 1.54) is 41.0 Å². The van der Waals surface area contributed by atoms with E-state index in [0.29, 0.717) is 27.9 Å². The number of pyridine rings is 1. The van der Waals surface area contributed by atoms with Crippen molar-refractivity contribution in [2.24, 2.45) is 0 Å². The summed E-state index contributed by atoms with van der Waals surface area (Å²) in [7, 11) is 0. The fourth-order valence-corrected chi connectivity index (χ4v) is 4.60. The Hall–Kier alpha value is -4.80. The van der Waals surface area contributed by atoms with Crippen molar-refractivity contribution >= 4 is 16.9 Å². The average Bonchev–Trinajstić information content (AvgIpc) is 3.32. The molecule has 0 amide bonds. The van der Waals surface area contributed by atoms with Gasteiger partial charge in [-0.25, -0.2) is 9.78 Å². The van der Waals surface area contributed by atoms with Crippen molar-refractivity contribution in [3.8, 4) is 34.0 Å². The van der Waals surface area contributed by atoms with E-state index in [1.807, 2.05) is 13.8 Å². The van der Waals surface area contributed by atoms with E-state index in [2.05, 4.69) is 4.98 Å². The van der Waals surface area contributed by atoms with Gasteiger partial charge in [0.25, 0.3) is 0 Å². The summed E-state index contributed by atoms with van der Waals surface area (Å²) in [6.07, 6.45) is -9.23. The van der Waals surface area contributed by atoms with Crippen LogP contribution in [0.5, 0.6) is 5.75 Å². The lowest BCUT2D eigenvalue weighted by Crippen LogP contribution is -2.08. The number of benzene rings is 3. The number of nitrogens with zero attached hydrogens (tertiary/aromatic N) is 2. The monoisotopic (exact) mass is 584 g/mol. The number of rotatable bonds is 6. The van der Waals surface area contributed by atoms with Crippen molar-refractivity contribution in [3.05, 3.63) is 102 Å². The molecule has 0 unspecified atom stereocenters. The molecule has 0 fully saturated rings. The first kappa shape index (κ1) is 28.7. The van der Waals surface area contributed by atoms with E-state index in [0.717, 1.165) is 24.3 Å². The van der Waals surface area contributed by atoms with Gasteiger partial charge in [-0.2, -0.15) is 26.3 Å². The predicted molar refractivity (Wildman–Crippen MR) is 145 cm³/mol. The van der Waals surface area contributed by atoms with Gasteiger partial charge in [-0.05, 0) is 74.5 Å². The van der Waals surface area contributed by atoms with Crippen molar-refractivity contribution in [2.45, 2.75) is 32.3 Å². The first-order valence-corrected chi connectivity index (χ1v) is 12.6. The normalized spacial score (nSPS) is 12.2. The lowest BCUT2D eigenvalue weighted by atomic mass is 10.0. The number of ether oxygens (including phenoxy) is 1. The number of aromatic nitrogens is 2. The van der Waals surface area contributed by atoms with Crippen LogP contribution in [0.1, 0.15) is 35.5 Å². The summed E-state index contributed by atoms with van der Waals surface area (Å²) in [6.45, 7) is 3.71. The third kappa shape index (κ3) is 5.67. The van der Waals surface area contributed by atoms with Crippen LogP contribution in [0.3, 0.4) is 0 Å². The number of hydrogen-bond donors (Lipinski definition) is 1. The maximum absolute atomic E-state index is 13.2. The smallest absolute Gasteiger partial charge is 0.416 e. The molecule has 216 valence electrons. The standard InChI is InChI=1S/C31H22F6N2O3/c1-17(2)42-23-13-11-22(12-14-23)39-26-16-25(18-3-7-20(8-4-18)30(32,33)34)38-28(24(26)15-27(39)29(40)41)19-5-9-21(10-6-19)31(35,36)37/h3-17H,1-2H3,(H,40,41). The predicted octanol–water partition coefficient (Wildman–Crippen LogP) is 8.88. The number of aromatic carboxylic acids is 1. The van der Waals surface area contributed by atoms with Gasteiger partial charge in [0.15, 0.2) is 0 Å². The Morgan fingerprint density at radius 3 is 1.79 bits per heavy atom. The van der Waals surface area contributed by atoms with Crippen molar-refractivity contribution < 1.29 is 41.0 Å². The first-order chi connectivity index (χ1) is 19.7. The number of hydrogen-bond acceptors (Lipinski definition) is 3. The van der Waals surface area contributed by atoms with Crippen LogP contribution in [0.4, 0.5) is 26.3 Å². The molecule has 0 spiro atoms. The zero-order valence-electron chi connectivity index (χ0n) is 22.1. The fourth-order valence-electron chi connectivity index (χ4n) is 4.60. The molecular weight excluding hydrogens is 562 g/mol. The number of carboxylic acids is 1. The molecule has 0 aliphatic carbocycles. The van der Waals surface area contributed by atoms with Gasteiger partial charge in [0, 0.05) is 22.2 Å². The van der Waals surface area contributed by atoms with Crippen LogP contribution in [0.25, 0.3) is 39.1 Å². The van der Waals surface area contributed by atoms with Crippen molar-refractivity contribution in [3.63, 3.8) is 0 Å². The van der Waals surface area contributed by atoms with Crippen LogP contribution < -0.4 is 4.74 Å². The minimum Gasteiger partial charge on any atom is -0.491 e. The molecule has 3 aromatic carbocycles. The molecule has 0 atom stereocenters. The third-order valence-corrected chi connectivity index (χ3v) is 6.48. The summed E-state index contributed by atoms with van der Waals surface area (Å²) < 4.78 is 86.4. The van der Waals surface area contributed by atoms with E-state index >= 15 is 0 Å². The fraction of sp³-hybridized carbons (Fsp3) is 0.161. The minimum atomic E-state index is -4.57.